The number of aliphatic carboxylic acids is 1. The Kier molecular flexibility index (Phi) is 31.7. The number of para-hydroxylation sites is 1. The van der Waals surface area contributed by atoms with E-state index < -0.39 is 105 Å². The number of Topliss-reactive ketones (excluding diaryl/α,β-unsaturated/α-hetero) is 3. The van der Waals surface area contributed by atoms with Gasteiger partial charge in [0.05, 0.1) is 71.9 Å². The van der Waals surface area contributed by atoms with Crippen molar-refractivity contribution in [3.05, 3.63) is 108 Å². The number of anilines is 1. The second-order valence-electron chi connectivity index (χ2n) is 18.0. The molecule has 4 aromatic rings. The van der Waals surface area contributed by atoms with Gasteiger partial charge in [0.1, 0.15) is 36.3 Å². The van der Waals surface area contributed by atoms with Gasteiger partial charge in [-0.15, -0.1) is 28.3 Å². The number of sulfone groups is 1. The number of carbonyl (C=O) groups excluding carboxylic acids is 5. The number of benzene rings is 3. The van der Waals surface area contributed by atoms with Gasteiger partial charge in [-0.3, -0.25) is 44.2 Å². The smallest absolute Gasteiger partial charge is 0.355 e. The van der Waals surface area contributed by atoms with Crippen LogP contribution in [0.15, 0.2) is 58.2 Å². The van der Waals surface area contributed by atoms with E-state index in [1.54, 1.807) is 18.9 Å². The number of nitro benzene ring substituents is 1. The highest BCUT2D eigenvalue weighted by molar-refractivity contribution is 7.94. The number of aromatic nitrogens is 3. The van der Waals surface area contributed by atoms with Crippen molar-refractivity contribution in [1.29, 1.82) is 0 Å². The van der Waals surface area contributed by atoms with Crippen LogP contribution in [0.3, 0.4) is 0 Å². The summed E-state index contributed by atoms with van der Waals surface area (Å²) in [5.41, 5.74) is 0.678. The summed E-state index contributed by atoms with van der Waals surface area (Å²) in [5.74, 6) is -6.82. The zero-order valence-corrected chi connectivity index (χ0v) is 51.1. The highest BCUT2D eigenvalue weighted by Crippen LogP contribution is 2.31. The summed E-state index contributed by atoms with van der Waals surface area (Å²) < 4.78 is 83.6. The molecule has 82 heavy (non-hydrogen) atoms. The first-order valence-corrected chi connectivity index (χ1v) is 31.7. The maximum absolute atomic E-state index is 14.2. The number of rotatable bonds is 20. The van der Waals surface area contributed by atoms with E-state index >= 15 is 0 Å². The first-order chi connectivity index (χ1) is 38.0. The average Bonchev–Trinajstić information content (AvgIpc) is 3.67. The van der Waals surface area contributed by atoms with Crippen LogP contribution >= 0.6 is 42.4 Å². The molecule has 1 amide bonds. The number of amides is 1. The third-order valence-electron chi connectivity index (χ3n) is 10.8. The number of nitrogens with one attached hydrogen (secondary N) is 1. The molecule has 3 N–H and O–H groups in total. The molecule has 1 aliphatic carbocycles. The molecule has 1 saturated carbocycles. The standard InChI is InChI=1S/C15H14Cl2F3N3O3.C15H22ClNO2.C14H13NO7S.C3H8NO5P.C3H9S/c1-3-26-13(24)10(17)4-8-5-12(11(18)6-9(8)16)23-15(25)22(14(19)20)7(2)21-23;1-5-13-8-6-7-11(2)15(13)17(14(18)9-16)12(3)10-19-4;1-23(21,22)8-5-6-9(10(7-8)15(19)20)14(18)13-11(16)3-2-4-12(13)17;5-3(6)1-4-2-10(7,8)9;1-4(2)3/h5-6,10,14H,3-4H2,1-2H3;6-8,12H,5,9-10H2,1-4H3;5-7,13H,2-4H2,1H3;4H,1-2H2,(H,5,6)(H2,7,8,9);1-3H3/q;;;;+1/p-1. The minimum absolute atomic E-state index is 0.0223. The maximum Gasteiger partial charge on any atom is 0.355 e. The zero-order chi connectivity index (χ0) is 63.1. The zero-order valence-electron chi connectivity index (χ0n) is 46.3. The molecular formula is C50H65Cl3F3N6O17PS2. The van der Waals surface area contributed by atoms with Gasteiger partial charge in [0.15, 0.2) is 33.0 Å². The fourth-order valence-corrected chi connectivity index (χ4v) is 8.97. The molecule has 0 aliphatic heterocycles. The van der Waals surface area contributed by atoms with Gasteiger partial charge in [-0.05, 0) is 92.4 Å². The van der Waals surface area contributed by atoms with Crippen molar-refractivity contribution < 1.29 is 84.2 Å². The molecule has 456 valence electrons. The number of methoxy groups -OCH3 is 1. The number of aryl methyl sites for hydroxylation is 3. The summed E-state index contributed by atoms with van der Waals surface area (Å²) in [6.45, 7) is 5.89. The number of ketones is 3. The van der Waals surface area contributed by atoms with Crippen LogP contribution in [0.2, 0.25) is 5.02 Å². The lowest BCUT2D eigenvalue weighted by atomic mass is 9.81. The fourth-order valence-electron chi connectivity index (χ4n) is 7.35. The maximum atomic E-state index is 14.2. The Labute approximate surface area is 489 Å². The number of nitrogens with zero attached hydrogens (tertiary/aromatic N) is 5. The highest BCUT2D eigenvalue weighted by Gasteiger charge is 2.39. The van der Waals surface area contributed by atoms with Gasteiger partial charge in [-0.2, -0.15) is 13.5 Å². The third kappa shape index (κ3) is 23.6. The molecule has 32 heteroatoms. The lowest BCUT2D eigenvalue weighted by Gasteiger charge is -2.31. The van der Waals surface area contributed by atoms with E-state index in [2.05, 4.69) is 36.9 Å². The molecule has 23 nitrogen and oxygen atoms in total. The van der Waals surface area contributed by atoms with Gasteiger partial charge >= 0.3 is 24.2 Å². The normalized spacial score (nSPS) is 13.8. The summed E-state index contributed by atoms with van der Waals surface area (Å²) >= 11 is 17.7. The van der Waals surface area contributed by atoms with Crippen molar-refractivity contribution in [3.63, 3.8) is 0 Å². The first kappa shape index (κ1) is 74.5. The van der Waals surface area contributed by atoms with Gasteiger partial charge in [-0.25, -0.2) is 22.2 Å². The number of alkyl halides is 4. The van der Waals surface area contributed by atoms with Crippen molar-refractivity contribution in [2.45, 2.75) is 89.6 Å². The summed E-state index contributed by atoms with van der Waals surface area (Å²) in [6.07, 6.45) is 8.00. The van der Waals surface area contributed by atoms with Gasteiger partial charge in [0.2, 0.25) is 5.91 Å². The number of hydrogen-bond acceptors (Lipinski definition) is 17. The summed E-state index contributed by atoms with van der Waals surface area (Å²) in [7, 11) is -5.77. The molecule has 1 fully saturated rings. The summed E-state index contributed by atoms with van der Waals surface area (Å²) in [4.78, 5) is 111. The van der Waals surface area contributed by atoms with E-state index in [9.17, 15) is 74.7 Å². The van der Waals surface area contributed by atoms with Crippen molar-refractivity contribution >= 4 is 110 Å². The lowest BCUT2D eigenvalue weighted by molar-refractivity contribution is -0.385. The molecule has 3 aromatic carbocycles. The second kappa shape index (κ2) is 34.9. The van der Waals surface area contributed by atoms with Crippen LogP contribution in [0.1, 0.15) is 79.5 Å². The van der Waals surface area contributed by atoms with Crippen LogP contribution in [-0.4, -0.2) is 148 Å². The van der Waals surface area contributed by atoms with Crippen molar-refractivity contribution in [2.75, 3.05) is 69.0 Å². The predicted molar refractivity (Wildman–Crippen MR) is 302 cm³/mol. The van der Waals surface area contributed by atoms with Crippen LogP contribution in [0.25, 0.3) is 5.69 Å². The number of carbonyl (C=O) groups is 6. The van der Waals surface area contributed by atoms with Gasteiger partial charge in [0.25, 0.3) is 5.69 Å². The van der Waals surface area contributed by atoms with E-state index in [0.29, 0.717) is 28.6 Å². The number of hydrogen-bond donors (Lipinski definition) is 3. The van der Waals surface area contributed by atoms with Gasteiger partial charge < -0.3 is 33.8 Å². The summed E-state index contributed by atoms with van der Waals surface area (Å²) in [5, 5.41) is 23.6. The topological polar surface area (TPSA) is 334 Å². The molecule has 3 unspecified atom stereocenters. The highest BCUT2D eigenvalue weighted by atomic mass is 35.5. The molecule has 1 heterocycles. The number of carboxylic acids is 1. The van der Waals surface area contributed by atoms with Crippen molar-refractivity contribution in [3.8, 4) is 5.69 Å². The molecular weight excluding hydrogens is 1220 g/mol. The number of halogens is 6. The van der Waals surface area contributed by atoms with E-state index in [0.717, 1.165) is 59.8 Å². The van der Waals surface area contributed by atoms with Crippen molar-refractivity contribution in [1.82, 2.24) is 19.7 Å². The fraction of sp³-hybridized carbons (Fsp3) is 0.480. The van der Waals surface area contributed by atoms with Crippen molar-refractivity contribution in [2.24, 2.45) is 5.92 Å². The predicted octanol–water partition coefficient (Wildman–Crippen LogP) is 6.18. The lowest BCUT2D eigenvalue weighted by Crippen LogP contribution is -2.43. The number of esters is 1. The Morgan fingerprint density at radius 1 is 1.04 bits per heavy atom. The first-order valence-electron chi connectivity index (χ1n) is 24.2. The summed E-state index contributed by atoms with van der Waals surface area (Å²) in [6, 6.07) is 10.9. The molecule has 0 saturated heterocycles. The quantitative estimate of drug-likeness (QED) is 0.0130. The van der Waals surface area contributed by atoms with Crippen LogP contribution in [0.5, 0.6) is 0 Å². The number of carboxylic acid groups (broad SMARTS) is 1. The molecule has 1 aromatic heterocycles. The van der Waals surface area contributed by atoms with Crippen LogP contribution in [-0.2, 0) is 71.6 Å². The van der Waals surface area contributed by atoms with Crippen LogP contribution in [0, 0.1) is 35.7 Å². The number of ether oxygens (including phenoxy) is 2. The Morgan fingerprint density at radius 2 is 1.62 bits per heavy atom. The Hall–Kier alpha value is -5.55. The minimum Gasteiger partial charge on any atom is -0.778 e. The largest absolute Gasteiger partial charge is 0.778 e. The Bertz CT molecular complexity index is 3110. The second-order valence-corrected chi connectivity index (χ2v) is 25.2. The van der Waals surface area contributed by atoms with E-state index in [1.807, 2.05) is 31.3 Å². The third-order valence-corrected chi connectivity index (χ3v) is 13.5. The van der Waals surface area contributed by atoms with E-state index in [-0.39, 0.29) is 75.3 Å². The van der Waals surface area contributed by atoms with Gasteiger partial charge in [0, 0.05) is 43.7 Å². The van der Waals surface area contributed by atoms with Crippen LogP contribution in [0.4, 0.5) is 24.5 Å². The molecule has 1 aliphatic rings. The van der Waals surface area contributed by atoms with E-state index in [4.69, 9.17) is 54.3 Å². The minimum atomic E-state index is -4.35. The molecule has 0 spiro atoms. The number of nitro groups is 1. The molecule has 5 rings (SSSR count). The Morgan fingerprint density at radius 3 is 2.09 bits per heavy atom. The average molecular weight is 1280 g/mol. The van der Waals surface area contributed by atoms with Crippen LogP contribution < -0.4 is 20.8 Å². The Balaban J connectivity index is 0.000000555. The monoisotopic (exact) mass is 1280 g/mol. The SMILES string of the molecule is CCOC(=O)C(Cl)Cc1cc(-n2nc(C)n(C(F)F)c2=O)c(F)cc1Cl.CCc1cccc(C)c1N(C(=O)CCl)C(C)COC.CS(=O)(=O)c1ccc(C(=O)C2C(=O)CCCC2=O)c([N+](=O)[O-])c1.C[S+](C)C.O=C(O)CNCP(=O)([O-])O. The van der Waals surface area contributed by atoms with E-state index in [1.165, 1.54) is 6.92 Å². The molecule has 0 bridgehead atoms. The molecule has 0 radical (unpaired) electrons. The molecule has 3 atom stereocenters. The van der Waals surface area contributed by atoms with Gasteiger partial charge in [-0.1, -0.05) is 36.7 Å².